The van der Waals surface area contributed by atoms with E-state index in [1.54, 1.807) is 0 Å². The molecule has 3 nitrogen and oxygen atoms in total. The normalized spacial score (nSPS) is 21.0. The minimum atomic E-state index is -1.17. The SMILES string of the molecule is O=C([O-])NC1(CBr)CC1. The van der Waals surface area contributed by atoms with Crippen LogP contribution in [0, 0.1) is 0 Å². The van der Waals surface area contributed by atoms with Crippen molar-refractivity contribution in [3.63, 3.8) is 0 Å². The Morgan fingerprint density at radius 3 is 2.44 bits per heavy atom. The van der Waals surface area contributed by atoms with Gasteiger partial charge in [0, 0.05) is 10.9 Å². The van der Waals surface area contributed by atoms with Gasteiger partial charge in [0.2, 0.25) is 0 Å². The average Bonchev–Trinajstić information content (AvgIpc) is 2.48. The molecule has 0 spiro atoms. The van der Waals surface area contributed by atoms with Crippen LogP contribution in [-0.2, 0) is 0 Å². The minimum absolute atomic E-state index is 0.182. The van der Waals surface area contributed by atoms with Crippen molar-refractivity contribution in [1.82, 2.24) is 5.32 Å². The zero-order valence-corrected chi connectivity index (χ0v) is 6.40. The van der Waals surface area contributed by atoms with E-state index >= 15 is 0 Å². The second-order valence-corrected chi connectivity index (χ2v) is 2.89. The summed E-state index contributed by atoms with van der Waals surface area (Å²) >= 11 is 3.21. The summed E-state index contributed by atoms with van der Waals surface area (Å²) in [5.41, 5.74) is -0.182. The van der Waals surface area contributed by atoms with Gasteiger partial charge in [0.05, 0.1) is 0 Å². The minimum Gasteiger partial charge on any atom is -0.530 e. The lowest BCUT2D eigenvalue weighted by Gasteiger charge is -2.14. The van der Waals surface area contributed by atoms with Crippen LogP contribution >= 0.6 is 15.9 Å². The van der Waals surface area contributed by atoms with Crippen LogP contribution in [0.1, 0.15) is 12.8 Å². The van der Waals surface area contributed by atoms with Crippen LogP contribution < -0.4 is 10.4 Å². The van der Waals surface area contributed by atoms with Gasteiger partial charge >= 0.3 is 0 Å². The number of rotatable bonds is 2. The van der Waals surface area contributed by atoms with Gasteiger partial charge in [-0.25, -0.2) is 0 Å². The number of carbonyl (C=O) groups is 1. The second-order valence-electron chi connectivity index (χ2n) is 2.33. The van der Waals surface area contributed by atoms with Crippen LogP contribution in [0.15, 0.2) is 0 Å². The van der Waals surface area contributed by atoms with Gasteiger partial charge in [-0.05, 0) is 12.8 Å². The maximum absolute atomic E-state index is 9.97. The third-order valence-corrected chi connectivity index (χ3v) is 2.55. The zero-order valence-electron chi connectivity index (χ0n) is 4.82. The number of amides is 1. The van der Waals surface area contributed by atoms with E-state index in [9.17, 15) is 9.90 Å². The summed E-state index contributed by atoms with van der Waals surface area (Å²) < 4.78 is 0. The molecular formula is C5H7BrNO2-. The second kappa shape index (κ2) is 2.17. The molecule has 1 rings (SSSR count). The first-order valence-electron chi connectivity index (χ1n) is 2.74. The van der Waals surface area contributed by atoms with Crippen molar-refractivity contribution in [1.29, 1.82) is 0 Å². The smallest absolute Gasteiger partial charge is 0.134 e. The number of carbonyl (C=O) groups excluding carboxylic acids is 1. The Morgan fingerprint density at radius 1 is 1.78 bits per heavy atom. The first-order chi connectivity index (χ1) is 4.18. The Labute approximate surface area is 61.6 Å². The molecule has 0 bridgehead atoms. The maximum atomic E-state index is 9.97. The number of nitrogens with one attached hydrogen (secondary N) is 1. The molecule has 0 atom stereocenters. The van der Waals surface area contributed by atoms with Crippen LogP contribution in [0.2, 0.25) is 0 Å². The van der Waals surface area contributed by atoms with Gasteiger partial charge in [0.15, 0.2) is 0 Å². The first kappa shape index (κ1) is 6.86. The quantitative estimate of drug-likeness (QED) is 0.620. The fourth-order valence-corrected chi connectivity index (χ4v) is 1.36. The highest BCUT2D eigenvalue weighted by atomic mass is 79.9. The maximum Gasteiger partial charge on any atom is 0.134 e. The van der Waals surface area contributed by atoms with E-state index in [0.29, 0.717) is 5.33 Å². The number of alkyl halides is 1. The van der Waals surface area contributed by atoms with Crippen molar-refractivity contribution in [3.8, 4) is 0 Å². The largest absolute Gasteiger partial charge is 0.530 e. The van der Waals surface area contributed by atoms with E-state index in [2.05, 4.69) is 21.2 Å². The molecule has 0 aromatic rings. The van der Waals surface area contributed by atoms with Crippen molar-refractivity contribution >= 4 is 22.0 Å². The standard InChI is InChI=1S/C5H8BrNO2/c6-3-5(1-2-5)7-4(8)9/h7H,1-3H2,(H,8,9)/p-1. The van der Waals surface area contributed by atoms with Gasteiger partial charge in [0.25, 0.3) is 0 Å². The summed E-state index contributed by atoms with van der Waals surface area (Å²) in [5, 5.41) is 13.0. The van der Waals surface area contributed by atoms with Gasteiger partial charge < -0.3 is 15.2 Å². The van der Waals surface area contributed by atoms with Gasteiger partial charge in [0.1, 0.15) is 6.09 Å². The van der Waals surface area contributed by atoms with E-state index in [-0.39, 0.29) is 5.54 Å². The van der Waals surface area contributed by atoms with Gasteiger partial charge in [-0.2, -0.15) is 0 Å². The van der Waals surface area contributed by atoms with Crippen LogP contribution in [0.5, 0.6) is 0 Å². The summed E-state index contributed by atoms with van der Waals surface area (Å²) in [6.45, 7) is 0. The van der Waals surface area contributed by atoms with Crippen LogP contribution in [0.3, 0.4) is 0 Å². The van der Waals surface area contributed by atoms with Crippen molar-refractivity contribution in [2.24, 2.45) is 0 Å². The summed E-state index contributed by atoms with van der Waals surface area (Å²) in [6.07, 6.45) is 0.672. The molecule has 0 saturated heterocycles. The third kappa shape index (κ3) is 1.58. The first-order valence-corrected chi connectivity index (χ1v) is 3.86. The van der Waals surface area contributed by atoms with Gasteiger partial charge in [-0.3, -0.25) is 0 Å². The molecule has 0 aromatic carbocycles. The molecular weight excluding hydrogens is 186 g/mol. The van der Waals surface area contributed by atoms with E-state index in [1.165, 1.54) is 0 Å². The van der Waals surface area contributed by atoms with Crippen molar-refractivity contribution in [2.75, 3.05) is 5.33 Å². The van der Waals surface area contributed by atoms with Crippen molar-refractivity contribution in [2.45, 2.75) is 18.4 Å². The fraction of sp³-hybridized carbons (Fsp3) is 0.800. The van der Waals surface area contributed by atoms with E-state index < -0.39 is 6.09 Å². The molecule has 4 heteroatoms. The third-order valence-electron chi connectivity index (χ3n) is 1.48. The molecule has 0 unspecified atom stereocenters. The topological polar surface area (TPSA) is 52.2 Å². The Bertz CT molecular complexity index is 133. The summed E-state index contributed by atoms with van der Waals surface area (Å²) in [6, 6.07) is 0. The fourth-order valence-electron chi connectivity index (χ4n) is 0.659. The van der Waals surface area contributed by atoms with Gasteiger partial charge in [-0.15, -0.1) is 0 Å². The highest BCUT2D eigenvalue weighted by molar-refractivity contribution is 9.09. The molecule has 52 valence electrons. The lowest BCUT2D eigenvalue weighted by atomic mass is 10.3. The Hall–Kier alpha value is -0.250. The lowest BCUT2D eigenvalue weighted by molar-refractivity contribution is -0.251. The number of carboxylic acid groups (broad SMARTS) is 1. The Kier molecular flexibility index (Phi) is 1.66. The van der Waals surface area contributed by atoms with Crippen LogP contribution in [-0.4, -0.2) is 17.0 Å². The van der Waals surface area contributed by atoms with Gasteiger partial charge in [-0.1, -0.05) is 15.9 Å². The number of hydrogen-bond donors (Lipinski definition) is 1. The molecule has 0 heterocycles. The molecule has 0 aromatic heterocycles. The zero-order chi connectivity index (χ0) is 6.91. The Balaban J connectivity index is 2.33. The lowest BCUT2D eigenvalue weighted by Crippen LogP contribution is -2.45. The average molecular weight is 193 g/mol. The molecule has 1 N–H and O–H groups in total. The predicted octanol–water partition coefficient (Wildman–Crippen LogP) is -0.153. The summed E-state index contributed by atoms with van der Waals surface area (Å²) in [4.78, 5) is 9.97. The van der Waals surface area contributed by atoms with E-state index in [1.807, 2.05) is 0 Å². The molecule has 1 fully saturated rings. The molecule has 1 aliphatic carbocycles. The molecule has 0 aliphatic heterocycles. The number of hydrogen-bond acceptors (Lipinski definition) is 2. The molecule has 1 aliphatic rings. The van der Waals surface area contributed by atoms with Crippen LogP contribution in [0.4, 0.5) is 4.79 Å². The van der Waals surface area contributed by atoms with E-state index in [0.717, 1.165) is 12.8 Å². The van der Waals surface area contributed by atoms with E-state index in [4.69, 9.17) is 0 Å². The van der Waals surface area contributed by atoms with Crippen LogP contribution in [0.25, 0.3) is 0 Å². The monoisotopic (exact) mass is 192 g/mol. The Morgan fingerprint density at radius 2 is 2.33 bits per heavy atom. The molecule has 1 amide bonds. The summed E-state index contributed by atoms with van der Waals surface area (Å²) in [7, 11) is 0. The molecule has 1 saturated carbocycles. The highest BCUT2D eigenvalue weighted by Gasteiger charge is 2.41. The molecule has 9 heavy (non-hydrogen) atoms. The van der Waals surface area contributed by atoms with Crippen molar-refractivity contribution < 1.29 is 9.90 Å². The highest BCUT2D eigenvalue weighted by Crippen LogP contribution is 2.36. The molecule has 0 radical (unpaired) electrons. The summed E-state index contributed by atoms with van der Waals surface area (Å²) in [5.74, 6) is 0. The predicted molar refractivity (Wildman–Crippen MR) is 34.3 cm³/mol. The van der Waals surface area contributed by atoms with Crippen molar-refractivity contribution in [3.05, 3.63) is 0 Å². The number of halogens is 1.